The number of ether oxygens (including phenoxy) is 1. The number of nitrogens with zero attached hydrogens (tertiary/aromatic N) is 2. The molecule has 0 spiro atoms. The summed E-state index contributed by atoms with van der Waals surface area (Å²) in [5.74, 6) is -1.87. The fourth-order valence-corrected chi connectivity index (χ4v) is 2.16. The Morgan fingerprint density at radius 1 is 1.25 bits per heavy atom. The highest BCUT2D eigenvalue weighted by molar-refractivity contribution is 6.45. The Hall–Kier alpha value is -3.16. The molecule has 0 unspecified atom stereocenters. The molecule has 1 aliphatic heterocycles. The number of amides is 5. The van der Waals surface area contributed by atoms with Gasteiger partial charge in [-0.05, 0) is 17.7 Å². The van der Waals surface area contributed by atoms with E-state index in [9.17, 15) is 19.2 Å². The summed E-state index contributed by atoms with van der Waals surface area (Å²) in [5, 5.41) is 2.59. The van der Waals surface area contributed by atoms with Gasteiger partial charge >= 0.3 is 17.8 Å². The minimum absolute atomic E-state index is 0.0780. The Morgan fingerprint density at radius 3 is 2.62 bits per heavy atom. The number of rotatable bonds is 7. The number of hydrogen-bond donors (Lipinski definition) is 1. The lowest BCUT2D eigenvalue weighted by Gasteiger charge is -2.14. The van der Waals surface area contributed by atoms with E-state index >= 15 is 0 Å². The minimum Gasteiger partial charge on any atom is -0.497 e. The summed E-state index contributed by atoms with van der Waals surface area (Å²) in [6.07, 6.45) is 1.33. The van der Waals surface area contributed by atoms with Crippen molar-refractivity contribution < 1.29 is 23.9 Å². The van der Waals surface area contributed by atoms with E-state index in [-0.39, 0.29) is 13.1 Å². The first-order valence-electron chi connectivity index (χ1n) is 7.15. The fourth-order valence-electron chi connectivity index (χ4n) is 2.16. The number of imide groups is 2. The molecule has 0 radical (unpaired) electrons. The van der Waals surface area contributed by atoms with Gasteiger partial charge in [0.15, 0.2) is 0 Å². The van der Waals surface area contributed by atoms with Gasteiger partial charge in [0, 0.05) is 13.1 Å². The van der Waals surface area contributed by atoms with Crippen molar-refractivity contribution in [3.8, 4) is 5.75 Å². The van der Waals surface area contributed by atoms with E-state index in [0.29, 0.717) is 10.6 Å². The maximum Gasteiger partial charge on any atom is 0.335 e. The van der Waals surface area contributed by atoms with Crippen molar-refractivity contribution in [2.45, 2.75) is 6.54 Å². The average molecular weight is 331 g/mol. The molecule has 1 saturated heterocycles. The summed E-state index contributed by atoms with van der Waals surface area (Å²) < 4.78 is 5.08. The molecule has 126 valence electrons. The van der Waals surface area contributed by atoms with E-state index in [1.54, 1.807) is 24.3 Å². The van der Waals surface area contributed by atoms with E-state index in [1.807, 2.05) is 0 Å². The van der Waals surface area contributed by atoms with E-state index in [2.05, 4.69) is 11.9 Å². The first-order valence-corrected chi connectivity index (χ1v) is 7.15. The third-order valence-electron chi connectivity index (χ3n) is 3.37. The molecule has 5 amide bonds. The van der Waals surface area contributed by atoms with Gasteiger partial charge in [-0.25, -0.2) is 9.69 Å². The lowest BCUT2D eigenvalue weighted by atomic mass is 10.2. The van der Waals surface area contributed by atoms with E-state index in [0.717, 1.165) is 10.5 Å². The molecule has 1 aromatic carbocycles. The molecule has 24 heavy (non-hydrogen) atoms. The number of nitrogens with one attached hydrogen (secondary N) is 1. The minimum atomic E-state index is -1.02. The highest BCUT2D eigenvalue weighted by Crippen LogP contribution is 2.13. The summed E-state index contributed by atoms with van der Waals surface area (Å²) in [7, 11) is 1.54. The largest absolute Gasteiger partial charge is 0.497 e. The normalized spacial score (nSPS) is 14.1. The predicted octanol–water partition coefficient (Wildman–Crippen LogP) is 0.288. The zero-order valence-electron chi connectivity index (χ0n) is 13.2. The molecule has 2 rings (SSSR count). The summed E-state index contributed by atoms with van der Waals surface area (Å²) in [6.45, 7) is 3.03. The first-order chi connectivity index (χ1) is 11.5. The van der Waals surface area contributed by atoms with Crippen LogP contribution in [0.4, 0.5) is 4.79 Å². The van der Waals surface area contributed by atoms with Gasteiger partial charge < -0.3 is 10.1 Å². The SMILES string of the molecule is C=CCN1C(=O)C(=O)N(CC(=O)NCc2cccc(OC)c2)C1=O. The number of carbonyl (C=O) groups excluding carboxylic acids is 4. The molecule has 1 N–H and O–H groups in total. The van der Waals surface area contributed by atoms with Crippen molar-refractivity contribution >= 4 is 23.8 Å². The Balaban J connectivity index is 1.94. The maximum atomic E-state index is 12.0. The van der Waals surface area contributed by atoms with Crippen LogP contribution in [-0.4, -0.2) is 53.8 Å². The molecule has 1 heterocycles. The van der Waals surface area contributed by atoms with Gasteiger partial charge in [0.2, 0.25) is 5.91 Å². The first kappa shape index (κ1) is 17.2. The molecular weight excluding hydrogens is 314 g/mol. The zero-order chi connectivity index (χ0) is 17.7. The molecule has 0 saturated carbocycles. The maximum absolute atomic E-state index is 12.0. The van der Waals surface area contributed by atoms with Crippen molar-refractivity contribution in [1.29, 1.82) is 0 Å². The second-order valence-electron chi connectivity index (χ2n) is 5.01. The topological polar surface area (TPSA) is 96.0 Å². The molecule has 0 aliphatic carbocycles. The van der Waals surface area contributed by atoms with E-state index in [1.165, 1.54) is 13.2 Å². The fraction of sp³-hybridized carbons (Fsp3) is 0.250. The van der Waals surface area contributed by atoms with E-state index in [4.69, 9.17) is 4.74 Å². The van der Waals surface area contributed by atoms with E-state index < -0.39 is 30.3 Å². The van der Waals surface area contributed by atoms with Gasteiger partial charge in [0.1, 0.15) is 12.3 Å². The molecule has 1 aliphatic rings. The lowest BCUT2D eigenvalue weighted by Crippen LogP contribution is -2.41. The number of carbonyl (C=O) groups is 4. The van der Waals surface area contributed by atoms with Crippen molar-refractivity contribution in [2.75, 3.05) is 20.2 Å². The third kappa shape index (κ3) is 3.60. The van der Waals surface area contributed by atoms with Crippen LogP contribution in [0.1, 0.15) is 5.56 Å². The van der Waals surface area contributed by atoms with Gasteiger partial charge in [-0.3, -0.25) is 19.3 Å². The van der Waals surface area contributed by atoms with Crippen LogP contribution >= 0.6 is 0 Å². The summed E-state index contributed by atoms with van der Waals surface area (Å²) in [4.78, 5) is 48.7. The highest BCUT2D eigenvalue weighted by atomic mass is 16.5. The van der Waals surface area contributed by atoms with Crippen LogP contribution < -0.4 is 10.1 Å². The standard InChI is InChI=1S/C16H17N3O5/c1-3-7-18-14(21)15(22)19(16(18)23)10-13(20)17-9-11-5-4-6-12(8-11)24-2/h3-6,8H,1,7,9-10H2,2H3,(H,17,20). The molecule has 1 aromatic rings. The number of methoxy groups -OCH3 is 1. The summed E-state index contributed by atoms with van der Waals surface area (Å²) in [5.41, 5.74) is 0.797. The molecular formula is C16H17N3O5. The smallest absolute Gasteiger partial charge is 0.335 e. The second-order valence-corrected chi connectivity index (χ2v) is 5.01. The van der Waals surface area contributed by atoms with Crippen molar-refractivity contribution in [2.24, 2.45) is 0 Å². The van der Waals surface area contributed by atoms with Crippen molar-refractivity contribution in [3.05, 3.63) is 42.5 Å². The molecule has 0 atom stereocenters. The van der Waals surface area contributed by atoms with Gasteiger partial charge in [-0.15, -0.1) is 6.58 Å². The van der Waals surface area contributed by atoms with Gasteiger partial charge in [0.25, 0.3) is 0 Å². The Kier molecular flexibility index (Phi) is 5.31. The lowest BCUT2D eigenvalue weighted by molar-refractivity contribution is -0.143. The van der Waals surface area contributed by atoms with Gasteiger partial charge in [0.05, 0.1) is 7.11 Å². The van der Waals surface area contributed by atoms with Crippen LogP contribution in [0.2, 0.25) is 0 Å². The average Bonchev–Trinajstić information content (AvgIpc) is 2.78. The summed E-state index contributed by atoms with van der Waals surface area (Å²) >= 11 is 0. The van der Waals surface area contributed by atoms with Crippen LogP contribution in [0.25, 0.3) is 0 Å². The van der Waals surface area contributed by atoms with Crippen LogP contribution in [0.5, 0.6) is 5.75 Å². The molecule has 0 aromatic heterocycles. The predicted molar refractivity (Wildman–Crippen MR) is 83.9 cm³/mol. The van der Waals surface area contributed by atoms with Crippen LogP contribution in [0.15, 0.2) is 36.9 Å². The Morgan fingerprint density at radius 2 is 1.96 bits per heavy atom. The molecule has 8 nitrogen and oxygen atoms in total. The number of hydrogen-bond acceptors (Lipinski definition) is 5. The van der Waals surface area contributed by atoms with Gasteiger partial charge in [-0.1, -0.05) is 18.2 Å². The van der Waals surface area contributed by atoms with Crippen molar-refractivity contribution in [1.82, 2.24) is 15.1 Å². The molecule has 1 fully saturated rings. The molecule has 0 bridgehead atoms. The number of urea groups is 1. The van der Waals surface area contributed by atoms with Crippen LogP contribution in [-0.2, 0) is 20.9 Å². The van der Waals surface area contributed by atoms with Gasteiger partial charge in [-0.2, -0.15) is 0 Å². The quantitative estimate of drug-likeness (QED) is 0.440. The highest BCUT2D eigenvalue weighted by Gasteiger charge is 2.44. The molecule has 8 heteroatoms. The third-order valence-corrected chi connectivity index (χ3v) is 3.37. The van der Waals surface area contributed by atoms with Crippen LogP contribution in [0.3, 0.4) is 0 Å². The summed E-state index contributed by atoms with van der Waals surface area (Å²) in [6, 6.07) is 6.28. The monoisotopic (exact) mass is 331 g/mol. The number of benzene rings is 1. The second kappa shape index (κ2) is 7.40. The zero-order valence-corrected chi connectivity index (χ0v) is 13.2. The van der Waals surface area contributed by atoms with Crippen molar-refractivity contribution in [3.63, 3.8) is 0 Å². The Bertz CT molecular complexity index is 701. The Labute approximate surface area is 138 Å². The van der Waals surface area contributed by atoms with Crippen LogP contribution in [0, 0.1) is 0 Å².